The van der Waals surface area contributed by atoms with Crippen LogP contribution < -0.4 is 10.5 Å². The molecule has 0 radical (unpaired) electrons. The van der Waals surface area contributed by atoms with Crippen molar-refractivity contribution in [2.75, 3.05) is 0 Å². The van der Waals surface area contributed by atoms with Gasteiger partial charge >= 0.3 is 0 Å². The third kappa shape index (κ3) is 2.51. The summed E-state index contributed by atoms with van der Waals surface area (Å²) >= 11 is 0. The fraction of sp³-hybridized carbons (Fsp3) is 0.333. The first kappa shape index (κ1) is 9.00. The summed E-state index contributed by atoms with van der Waals surface area (Å²) in [6, 6.07) is 5.95. The molecular formula is C9H12FNO. The Morgan fingerprint density at radius 2 is 2.33 bits per heavy atom. The van der Waals surface area contributed by atoms with Gasteiger partial charge in [0.05, 0.1) is 0 Å². The predicted molar refractivity (Wildman–Crippen MR) is 45.3 cm³/mol. The Bertz CT molecular complexity index is 252. The number of nitrogens with two attached hydrogens (primary N) is 1. The van der Waals surface area contributed by atoms with Gasteiger partial charge in [-0.15, -0.1) is 0 Å². The van der Waals surface area contributed by atoms with Gasteiger partial charge in [0.2, 0.25) is 0 Å². The monoisotopic (exact) mass is 169 g/mol. The summed E-state index contributed by atoms with van der Waals surface area (Å²) < 4.78 is 17.8. The number of halogens is 1. The van der Waals surface area contributed by atoms with E-state index in [0.717, 1.165) is 0 Å². The van der Waals surface area contributed by atoms with Crippen molar-refractivity contribution in [2.24, 2.45) is 5.73 Å². The molecule has 0 fully saturated rings. The molecule has 0 aliphatic heterocycles. The van der Waals surface area contributed by atoms with Gasteiger partial charge in [-0.25, -0.2) is 4.39 Å². The van der Waals surface area contributed by atoms with Crippen LogP contribution in [-0.2, 0) is 0 Å². The minimum absolute atomic E-state index is 0.309. The maximum atomic E-state index is 12.6. The first-order valence-electron chi connectivity index (χ1n) is 3.90. The standard InChI is InChI=1S/C9H12FNO/c1-2-9(11)12-8-5-3-4-7(10)6-8/h3-6,9H,2,11H2,1H3. The molecular weight excluding hydrogens is 157 g/mol. The zero-order valence-electron chi connectivity index (χ0n) is 6.96. The van der Waals surface area contributed by atoms with Gasteiger partial charge in [-0.1, -0.05) is 13.0 Å². The Labute approximate surface area is 71.1 Å². The van der Waals surface area contributed by atoms with Gasteiger partial charge in [-0.3, -0.25) is 5.73 Å². The highest BCUT2D eigenvalue weighted by atomic mass is 19.1. The Hall–Kier alpha value is -1.09. The van der Waals surface area contributed by atoms with Gasteiger partial charge in [-0.05, 0) is 18.6 Å². The molecule has 1 atom stereocenters. The van der Waals surface area contributed by atoms with Crippen LogP contribution in [0.2, 0.25) is 0 Å². The summed E-state index contributed by atoms with van der Waals surface area (Å²) in [6.07, 6.45) is 0.350. The Morgan fingerprint density at radius 1 is 1.58 bits per heavy atom. The molecule has 66 valence electrons. The molecule has 0 spiro atoms. The quantitative estimate of drug-likeness (QED) is 0.701. The lowest BCUT2D eigenvalue weighted by Crippen LogP contribution is -2.25. The number of hydrogen-bond donors (Lipinski definition) is 1. The molecule has 0 aliphatic carbocycles. The lowest BCUT2D eigenvalue weighted by Gasteiger charge is -2.11. The van der Waals surface area contributed by atoms with Gasteiger partial charge in [-0.2, -0.15) is 0 Å². The molecule has 1 aromatic rings. The molecule has 12 heavy (non-hydrogen) atoms. The SMILES string of the molecule is CCC(N)Oc1cccc(F)c1. The van der Waals surface area contributed by atoms with Crippen molar-refractivity contribution in [3.63, 3.8) is 0 Å². The fourth-order valence-electron chi connectivity index (χ4n) is 0.798. The van der Waals surface area contributed by atoms with E-state index in [1.165, 1.54) is 12.1 Å². The van der Waals surface area contributed by atoms with Crippen LogP contribution in [0.15, 0.2) is 24.3 Å². The maximum Gasteiger partial charge on any atom is 0.147 e. The summed E-state index contributed by atoms with van der Waals surface area (Å²) in [5.41, 5.74) is 5.51. The average molecular weight is 169 g/mol. The molecule has 0 heterocycles. The highest BCUT2D eigenvalue weighted by Crippen LogP contribution is 2.13. The number of rotatable bonds is 3. The van der Waals surface area contributed by atoms with Crippen molar-refractivity contribution in [1.82, 2.24) is 0 Å². The summed E-state index contributed by atoms with van der Waals surface area (Å²) in [7, 11) is 0. The van der Waals surface area contributed by atoms with Crippen LogP contribution in [0, 0.1) is 5.82 Å². The molecule has 1 rings (SSSR count). The van der Waals surface area contributed by atoms with Gasteiger partial charge in [0.25, 0.3) is 0 Å². The van der Waals surface area contributed by atoms with Crippen molar-refractivity contribution in [3.8, 4) is 5.75 Å². The minimum Gasteiger partial charge on any atom is -0.475 e. The average Bonchev–Trinajstić information content (AvgIpc) is 2.04. The molecule has 0 saturated heterocycles. The normalized spacial score (nSPS) is 12.6. The van der Waals surface area contributed by atoms with Crippen LogP contribution in [-0.4, -0.2) is 6.23 Å². The van der Waals surface area contributed by atoms with Crippen molar-refractivity contribution in [3.05, 3.63) is 30.1 Å². The molecule has 1 aromatic carbocycles. The van der Waals surface area contributed by atoms with E-state index in [-0.39, 0.29) is 12.0 Å². The molecule has 0 aliphatic rings. The predicted octanol–water partition coefficient (Wildman–Crippen LogP) is 1.90. The van der Waals surface area contributed by atoms with Gasteiger partial charge in [0.1, 0.15) is 17.8 Å². The second-order valence-corrected chi connectivity index (χ2v) is 2.52. The molecule has 2 nitrogen and oxygen atoms in total. The van der Waals surface area contributed by atoms with Gasteiger partial charge in [0, 0.05) is 6.07 Å². The third-order valence-electron chi connectivity index (χ3n) is 1.49. The number of ether oxygens (including phenoxy) is 1. The molecule has 0 bridgehead atoms. The summed E-state index contributed by atoms with van der Waals surface area (Å²) in [4.78, 5) is 0. The van der Waals surface area contributed by atoms with E-state index in [4.69, 9.17) is 10.5 Å². The van der Waals surface area contributed by atoms with Crippen molar-refractivity contribution in [2.45, 2.75) is 19.6 Å². The molecule has 0 saturated carbocycles. The summed E-state index contributed by atoms with van der Waals surface area (Å²) in [5.74, 6) is 0.167. The van der Waals surface area contributed by atoms with Crippen molar-refractivity contribution in [1.29, 1.82) is 0 Å². The van der Waals surface area contributed by atoms with E-state index in [0.29, 0.717) is 12.2 Å². The smallest absolute Gasteiger partial charge is 0.147 e. The van der Waals surface area contributed by atoms with E-state index >= 15 is 0 Å². The molecule has 3 heteroatoms. The Balaban J connectivity index is 2.63. The van der Waals surface area contributed by atoms with E-state index in [9.17, 15) is 4.39 Å². The van der Waals surface area contributed by atoms with Crippen LogP contribution >= 0.6 is 0 Å². The summed E-state index contributed by atoms with van der Waals surface area (Å²) in [5, 5.41) is 0. The second kappa shape index (κ2) is 4.07. The van der Waals surface area contributed by atoms with Crippen LogP contribution in [0.5, 0.6) is 5.75 Å². The number of hydrogen-bond acceptors (Lipinski definition) is 2. The minimum atomic E-state index is -0.355. The fourth-order valence-corrected chi connectivity index (χ4v) is 0.798. The first-order chi connectivity index (χ1) is 5.72. The first-order valence-corrected chi connectivity index (χ1v) is 3.90. The van der Waals surface area contributed by atoms with Gasteiger partial charge < -0.3 is 4.74 Å². The van der Waals surface area contributed by atoms with E-state index in [1.54, 1.807) is 12.1 Å². The highest BCUT2D eigenvalue weighted by Gasteiger charge is 2.00. The largest absolute Gasteiger partial charge is 0.475 e. The maximum absolute atomic E-state index is 12.6. The zero-order valence-corrected chi connectivity index (χ0v) is 6.96. The Morgan fingerprint density at radius 3 is 2.92 bits per heavy atom. The molecule has 0 aromatic heterocycles. The highest BCUT2D eigenvalue weighted by molar-refractivity contribution is 5.22. The second-order valence-electron chi connectivity index (χ2n) is 2.52. The van der Waals surface area contributed by atoms with Crippen LogP contribution in [0.4, 0.5) is 4.39 Å². The lowest BCUT2D eigenvalue weighted by molar-refractivity contribution is 0.204. The van der Waals surface area contributed by atoms with Crippen LogP contribution in [0.25, 0.3) is 0 Å². The van der Waals surface area contributed by atoms with E-state index in [2.05, 4.69) is 0 Å². The zero-order chi connectivity index (χ0) is 8.97. The van der Waals surface area contributed by atoms with Crippen molar-refractivity contribution < 1.29 is 9.13 Å². The van der Waals surface area contributed by atoms with Crippen LogP contribution in [0.3, 0.4) is 0 Å². The lowest BCUT2D eigenvalue weighted by atomic mass is 10.3. The Kier molecular flexibility index (Phi) is 3.05. The number of benzene rings is 1. The summed E-state index contributed by atoms with van der Waals surface area (Å²) in [6.45, 7) is 1.91. The molecule has 1 unspecified atom stereocenters. The van der Waals surface area contributed by atoms with E-state index < -0.39 is 0 Å². The van der Waals surface area contributed by atoms with E-state index in [1.807, 2.05) is 6.92 Å². The molecule has 0 amide bonds. The van der Waals surface area contributed by atoms with Crippen LogP contribution in [0.1, 0.15) is 13.3 Å². The van der Waals surface area contributed by atoms with Gasteiger partial charge in [0.15, 0.2) is 0 Å². The third-order valence-corrected chi connectivity index (χ3v) is 1.49. The molecule has 2 N–H and O–H groups in total. The topological polar surface area (TPSA) is 35.2 Å². The van der Waals surface area contributed by atoms with Crippen molar-refractivity contribution >= 4 is 0 Å².